The molecule has 0 unspecified atom stereocenters. The van der Waals surface area contributed by atoms with Gasteiger partial charge in [0.1, 0.15) is 12.4 Å². The number of anilines is 1. The Morgan fingerprint density at radius 1 is 1.12 bits per heavy atom. The van der Waals surface area contributed by atoms with Crippen LogP contribution in [-0.4, -0.2) is 5.91 Å². The van der Waals surface area contributed by atoms with Crippen molar-refractivity contribution in [2.45, 2.75) is 26.9 Å². The average molecular weight is 386 g/mol. The molecule has 1 aromatic heterocycles. The van der Waals surface area contributed by atoms with Gasteiger partial charge in [0.25, 0.3) is 5.91 Å². The Kier molecular flexibility index (Phi) is 5.96. The summed E-state index contributed by atoms with van der Waals surface area (Å²) in [6.07, 6.45) is 0.982. The van der Waals surface area contributed by atoms with Gasteiger partial charge < -0.3 is 10.1 Å². The molecule has 0 radical (unpaired) electrons. The fourth-order valence-corrected chi connectivity index (χ4v) is 3.37. The third-order valence-electron chi connectivity index (χ3n) is 4.03. The van der Waals surface area contributed by atoms with E-state index >= 15 is 0 Å². The minimum Gasteiger partial charge on any atom is -0.489 e. The van der Waals surface area contributed by atoms with Crippen LogP contribution in [0.4, 0.5) is 5.69 Å². The SMILES string of the molecule is CCc1ccc(NC(=O)c2cc(COc3ccc(Cl)c(C)c3)cs2)cc1. The fourth-order valence-electron chi connectivity index (χ4n) is 2.46. The van der Waals surface area contributed by atoms with E-state index in [1.165, 1.54) is 16.9 Å². The molecule has 0 spiro atoms. The molecule has 5 heteroatoms. The fraction of sp³-hybridized carbons (Fsp3) is 0.190. The minimum absolute atomic E-state index is 0.104. The van der Waals surface area contributed by atoms with Gasteiger partial charge in [0.05, 0.1) is 4.88 Å². The van der Waals surface area contributed by atoms with Crippen LogP contribution in [0.5, 0.6) is 5.75 Å². The summed E-state index contributed by atoms with van der Waals surface area (Å²) in [6, 6.07) is 15.3. The van der Waals surface area contributed by atoms with Gasteiger partial charge in [0.15, 0.2) is 0 Å². The Morgan fingerprint density at radius 2 is 1.88 bits per heavy atom. The van der Waals surface area contributed by atoms with Crippen LogP contribution in [0, 0.1) is 6.92 Å². The lowest BCUT2D eigenvalue weighted by molar-refractivity contribution is 0.103. The van der Waals surface area contributed by atoms with Gasteiger partial charge in [-0.1, -0.05) is 30.7 Å². The molecule has 26 heavy (non-hydrogen) atoms. The van der Waals surface area contributed by atoms with E-state index in [1.54, 1.807) is 0 Å². The first-order valence-corrected chi connectivity index (χ1v) is 9.67. The number of hydrogen-bond donors (Lipinski definition) is 1. The third-order valence-corrected chi connectivity index (χ3v) is 5.43. The molecule has 0 aliphatic heterocycles. The van der Waals surface area contributed by atoms with Crippen molar-refractivity contribution in [3.63, 3.8) is 0 Å². The van der Waals surface area contributed by atoms with Crippen LogP contribution in [0.3, 0.4) is 0 Å². The molecule has 134 valence electrons. The van der Waals surface area contributed by atoms with Crippen LogP contribution in [0.15, 0.2) is 53.9 Å². The van der Waals surface area contributed by atoms with E-state index < -0.39 is 0 Å². The number of rotatable bonds is 6. The maximum Gasteiger partial charge on any atom is 0.265 e. The van der Waals surface area contributed by atoms with Gasteiger partial charge in [0, 0.05) is 16.3 Å². The van der Waals surface area contributed by atoms with Gasteiger partial charge in [-0.25, -0.2) is 0 Å². The number of halogens is 1. The molecule has 0 aliphatic carbocycles. The van der Waals surface area contributed by atoms with Gasteiger partial charge >= 0.3 is 0 Å². The number of benzene rings is 2. The Bertz CT molecular complexity index is 903. The molecule has 0 bridgehead atoms. The summed E-state index contributed by atoms with van der Waals surface area (Å²) in [5, 5.41) is 5.59. The first-order chi connectivity index (χ1) is 12.5. The lowest BCUT2D eigenvalue weighted by Crippen LogP contribution is -2.10. The highest BCUT2D eigenvalue weighted by atomic mass is 35.5. The van der Waals surface area contributed by atoms with Crippen molar-refractivity contribution in [2.75, 3.05) is 5.32 Å². The van der Waals surface area contributed by atoms with Gasteiger partial charge in [-0.05, 0) is 66.2 Å². The van der Waals surface area contributed by atoms with E-state index in [1.807, 2.05) is 60.8 Å². The summed E-state index contributed by atoms with van der Waals surface area (Å²) in [7, 11) is 0. The Morgan fingerprint density at radius 3 is 2.58 bits per heavy atom. The number of amides is 1. The van der Waals surface area contributed by atoms with Crippen LogP contribution in [-0.2, 0) is 13.0 Å². The van der Waals surface area contributed by atoms with Crippen molar-refractivity contribution in [3.05, 3.63) is 80.5 Å². The van der Waals surface area contributed by atoms with Crippen molar-refractivity contribution >= 4 is 34.5 Å². The Hall–Kier alpha value is -2.30. The monoisotopic (exact) mass is 385 g/mol. The molecule has 1 N–H and O–H groups in total. The zero-order valence-corrected chi connectivity index (χ0v) is 16.3. The first kappa shape index (κ1) is 18.5. The lowest BCUT2D eigenvalue weighted by atomic mass is 10.1. The highest BCUT2D eigenvalue weighted by Gasteiger charge is 2.10. The third kappa shape index (κ3) is 4.65. The molecule has 0 fully saturated rings. The normalized spacial score (nSPS) is 10.6. The predicted octanol–water partition coefficient (Wildman–Crippen LogP) is 6.10. The summed E-state index contributed by atoms with van der Waals surface area (Å²) >= 11 is 7.43. The zero-order chi connectivity index (χ0) is 18.5. The quantitative estimate of drug-likeness (QED) is 0.556. The van der Waals surface area contributed by atoms with E-state index in [-0.39, 0.29) is 5.91 Å². The number of ether oxygens (including phenoxy) is 1. The Balaban J connectivity index is 1.59. The predicted molar refractivity (Wildman–Crippen MR) is 109 cm³/mol. The summed E-state index contributed by atoms with van der Waals surface area (Å²) in [6.45, 7) is 4.46. The molecule has 2 aromatic carbocycles. The van der Waals surface area contributed by atoms with Crippen molar-refractivity contribution in [1.82, 2.24) is 0 Å². The van der Waals surface area contributed by atoms with Crippen LogP contribution in [0.1, 0.15) is 33.3 Å². The summed E-state index contributed by atoms with van der Waals surface area (Å²) in [5.74, 6) is 0.660. The molecule has 3 rings (SSSR count). The number of nitrogens with one attached hydrogen (secondary N) is 1. The summed E-state index contributed by atoms with van der Waals surface area (Å²) in [4.78, 5) is 13.0. The van der Waals surface area contributed by atoms with Gasteiger partial charge in [0.2, 0.25) is 0 Å². The number of carbonyl (C=O) groups is 1. The van der Waals surface area contributed by atoms with E-state index in [0.29, 0.717) is 11.5 Å². The molecule has 0 saturated heterocycles. The molecule has 3 nitrogen and oxygen atoms in total. The van der Waals surface area contributed by atoms with Crippen molar-refractivity contribution < 1.29 is 9.53 Å². The molecule has 0 saturated carbocycles. The summed E-state index contributed by atoms with van der Waals surface area (Å²) < 4.78 is 5.78. The maximum atomic E-state index is 12.4. The largest absolute Gasteiger partial charge is 0.489 e. The second-order valence-electron chi connectivity index (χ2n) is 6.02. The van der Waals surface area contributed by atoms with Gasteiger partial charge in [-0.3, -0.25) is 4.79 Å². The molecular weight excluding hydrogens is 366 g/mol. The van der Waals surface area contributed by atoms with Crippen LogP contribution in [0.2, 0.25) is 5.02 Å². The van der Waals surface area contributed by atoms with Gasteiger partial charge in [-0.2, -0.15) is 0 Å². The van der Waals surface area contributed by atoms with Crippen molar-refractivity contribution in [1.29, 1.82) is 0 Å². The molecular formula is C21H20ClNO2S. The highest BCUT2D eigenvalue weighted by molar-refractivity contribution is 7.12. The highest BCUT2D eigenvalue weighted by Crippen LogP contribution is 2.23. The number of carbonyl (C=O) groups excluding carboxylic acids is 1. The second-order valence-corrected chi connectivity index (χ2v) is 7.34. The van der Waals surface area contributed by atoms with Crippen molar-refractivity contribution in [2.24, 2.45) is 0 Å². The zero-order valence-electron chi connectivity index (χ0n) is 14.7. The average Bonchev–Trinajstić information content (AvgIpc) is 3.12. The van der Waals surface area contributed by atoms with E-state index in [4.69, 9.17) is 16.3 Å². The summed E-state index contributed by atoms with van der Waals surface area (Å²) in [5.41, 5.74) is 3.99. The maximum absolute atomic E-state index is 12.4. The topological polar surface area (TPSA) is 38.3 Å². The molecule has 0 aliphatic rings. The molecule has 3 aromatic rings. The lowest BCUT2D eigenvalue weighted by Gasteiger charge is -2.06. The van der Waals surface area contributed by atoms with Crippen LogP contribution >= 0.6 is 22.9 Å². The standard InChI is InChI=1S/C21H20ClNO2S/c1-3-15-4-6-17(7-5-15)23-21(24)20-11-16(13-26-20)12-25-18-8-9-19(22)14(2)10-18/h4-11,13H,3,12H2,1-2H3,(H,23,24). The first-order valence-electron chi connectivity index (χ1n) is 8.42. The molecule has 0 atom stereocenters. The smallest absolute Gasteiger partial charge is 0.265 e. The number of aryl methyl sites for hydroxylation is 2. The van der Waals surface area contributed by atoms with Crippen LogP contribution < -0.4 is 10.1 Å². The second kappa shape index (κ2) is 8.39. The van der Waals surface area contributed by atoms with Gasteiger partial charge in [-0.15, -0.1) is 11.3 Å². The number of thiophene rings is 1. The van der Waals surface area contributed by atoms with E-state index in [9.17, 15) is 4.79 Å². The molecule has 1 heterocycles. The minimum atomic E-state index is -0.104. The molecule has 1 amide bonds. The van der Waals surface area contributed by atoms with E-state index in [0.717, 1.165) is 34.0 Å². The van der Waals surface area contributed by atoms with Crippen LogP contribution in [0.25, 0.3) is 0 Å². The number of hydrogen-bond acceptors (Lipinski definition) is 3. The van der Waals surface area contributed by atoms with E-state index in [2.05, 4.69) is 12.2 Å². The van der Waals surface area contributed by atoms with Crippen molar-refractivity contribution in [3.8, 4) is 5.75 Å². The Labute approximate surface area is 162 Å².